The molecule has 0 bridgehead atoms. The molecule has 0 aliphatic rings. The fraction of sp³-hybridized carbons (Fsp3) is 0. The number of pyridine rings is 2. The van der Waals surface area contributed by atoms with E-state index in [0.29, 0.717) is 11.6 Å². The molecule has 6 heteroatoms. The third-order valence-electron chi connectivity index (χ3n) is 2.51. The first-order chi connectivity index (χ1) is 9.90. The maximum absolute atomic E-state index is 4.16. The van der Waals surface area contributed by atoms with Crippen molar-refractivity contribution in [2.24, 2.45) is 0 Å². The first-order valence-electron chi connectivity index (χ1n) is 6.10. The monoisotopic (exact) mass is 264 g/mol. The topological polar surface area (TPSA) is 75.6 Å². The van der Waals surface area contributed by atoms with Gasteiger partial charge in [-0.15, -0.1) is 10.2 Å². The molecule has 6 nitrogen and oxygen atoms in total. The van der Waals surface area contributed by atoms with E-state index in [1.807, 2.05) is 48.5 Å². The maximum atomic E-state index is 4.16. The van der Waals surface area contributed by atoms with Gasteiger partial charge in [-0.05, 0) is 36.4 Å². The van der Waals surface area contributed by atoms with Crippen molar-refractivity contribution >= 4 is 23.3 Å². The van der Waals surface area contributed by atoms with Gasteiger partial charge in [-0.2, -0.15) is 0 Å². The molecule has 3 rings (SSSR count). The van der Waals surface area contributed by atoms with Gasteiger partial charge in [0.15, 0.2) is 11.6 Å². The lowest BCUT2D eigenvalue weighted by Crippen LogP contribution is -2.00. The number of hydrogen-bond acceptors (Lipinski definition) is 6. The average molecular weight is 264 g/mol. The van der Waals surface area contributed by atoms with Gasteiger partial charge in [0.25, 0.3) is 0 Å². The minimum absolute atomic E-state index is 0.635. The van der Waals surface area contributed by atoms with Crippen molar-refractivity contribution in [3.63, 3.8) is 0 Å². The van der Waals surface area contributed by atoms with Crippen LogP contribution >= 0.6 is 0 Å². The third kappa shape index (κ3) is 3.05. The van der Waals surface area contributed by atoms with Gasteiger partial charge < -0.3 is 10.6 Å². The highest BCUT2D eigenvalue weighted by Crippen LogP contribution is 2.14. The van der Waals surface area contributed by atoms with Gasteiger partial charge in [-0.1, -0.05) is 12.1 Å². The minimum Gasteiger partial charge on any atom is -0.323 e. The smallest absolute Gasteiger partial charge is 0.154 e. The van der Waals surface area contributed by atoms with Crippen LogP contribution in [0.1, 0.15) is 0 Å². The van der Waals surface area contributed by atoms with E-state index in [9.17, 15) is 0 Å². The van der Waals surface area contributed by atoms with E-state index in [-0.39, 0.29) is 0 Å². The molecule has 0 saturated heterocycles. The van der Waals surface area contributed by atoms with Gasteiger partial charge in [-0.3, -0.25) is 0 Å². The number of anilines is 4. The summed E-state index contributed by atoms with van der Waals surface area (Å²) >= 11 is 0. The molecule has 3 aromatic heterocycles. The van der Waals surface area contributed by atoms with Gasteiger partial charge in [-0.25, -0.2) is 9.97 Å². The van der Waals surface area contributed by atoms with Crippen molar-refractivity contribution in [1.29, 1.82) is 0 Å². The van der Waals surface area contributed by atoms with Gasteiger partial charge in [0.2, 0.25) is 0 Å². The van der Waals surface area contributed by atoms with E-state index >= 15 is 0 Å². The van der Waals surface area contributed by atoms with E-state index in [2.05, 4.69) is 30.8 Å². The molecule has 0 fully saturated rings. The molecule has 3 aromatic rings. The molecule has 2 N–H and O–H groups in total. The summed E-state index contributed by atoms with van der Waals surface area (Å²) in [4.78, 5) is 8.32. The molecule has 0 atom stereocenters. The molecule has 98 valence electrons. The molecule has 0 spiro atoms. The van der Waals surface area contributed by atoms with Crippen molar-refractivity contribution in [3.05, 3.63) is 60.9 Å². The van der Waals surface area contributed by atoms with E-state index in [4.69, 9.17) is 0 Å². The molecule has 0 aromatic carbocycles. The molecule has 20 heavy (non-hydrogen) atoms. The summed E-state index contributed by atoms with van der Waals surface area (Å²) in [6, 6.07) is 14.9. The van der Waals surface area contributed by atoms with Gasteiger partial charge >= 0.3 is 0 Å². The van der Waals surface area contributed by atoms with Crippen molar-refractivity contribution in [3.8, 4) is 0 Å². The Kier molecular flexibility index (Phi) is 3.46. The van der Waals surface area contributed by atoms with Crippen LogP contribution in [0.4, 0.5) is 23.3 Å². The van der Waals surface area contributed by atoms with Crippen LogP contribution in [0.5, 0.6) is 0 Å². The summed E-state index contributed by atoms with van der Waals surface area (Å²) in [6.45, 7) is 0. The molecule has 0 unspecified atom stereocenters. The van der Waals surface area contributed by atoms with E-state index < -0.39 is 0 Å². The highest BCUT2D eigenvalue weighted by molar-refractivity contribution is 5.55. The zero-order valence-electron chi connectivity index (χ0n) is 10.6. The number of nitrogens with zero attached hydrogens (tertiary/aromatic N) is 4. The Morgan fingerprint density at radius 1 is 0.550 bits per heavy atom. The lowest BCUT2D eigenvalue weighted by atomic mass is 10.4. The Bertz CT molecular complexity index is 594. The van der Waals surface area contributed by atoms with Crippen molar-refractivity contribution < 1.29 is 0 Å². The highest BCUT2D eigenvalue weighted by Gasteiger charge is 2.00. The Labute approximate surface area is 115 Å². The van der Waals surface area contributed by atoms with Gasteiger partial charge in [0, 0.05) is 12.4 Å². The summed E-state index contributed by atoms with van der Waals surface area (Å²) in [7, 11) is 0. The van der Waals surface area contributed by atoms with Crippen LogP contribution in [-0.2, 0) is 0 Å². The Morgan fingerprint density at radius 2 is 1.05 bits per heavy atom. The summed E-state index contributed by atoms with van der Waals surface area (Å²) in [5.74, 6) is 2.73. The van der Waals surface area contributed by atoms with Crippen LogP contribution in [0.2, 0.25) is 0 Å². The first kappa shape index (κ1) is 12.0. The molecular formula is C14H12N6. The second-order valence-electron chi connectivity index (χ2n) is 3.98. The van der Waals surface area contributed by atoms with Crippen LogP contribution < -0.4 is 10.6 Å². The SMILES string of the molecule is c1ccc(Nc2ccc(Nc3ccccn3)nn2)nc1. The number of hydrogen-bond donors (Lipinski definition) is 2. The predicted molar refractivity (Wildman–Crippen MR) is 77.1 cm³/mol. The summed E-state index contributed by atoms with van der Waals surface area (Å²) in [5.41, 5.74) is 0. The average Bonchev–Trinajstić information content (AvgIpc) is 2.51. The van der Waals surface area contributed by atoms with Gasteiger partial charge in [0.05, 0.1) is 0 Å². The second-order valence-corrected chi connectivity index (χ2v) is 3.98. The number of aromatic nitrogens is 4. The normalized spacial score (nSPS) is 10.0. The largest absolute Gasteiger partial charge is 0.323 e. The Hall–Kier alpha value is -3.02. The lowest BCUT2D eigenvalue weighted by Gasteiger charge is -2.05. The molecule has 0 aliphatic heterocycles. The molecule has 3 heterocycles. The number of rotatable bonds is 4. The van der Waals surface area contributed by atoms with Crippen molar-refractivity contribution in [2.45, 2.75) is 0 Å². The molecule has 0 saturated carbocycles. The Balaban J connectivity index is 1.69. The summed E-state index contributed by atoms with van der Waals surface area (Å²) < 4.78 is 0. The lowest BCUT2D eigenvalue weighted by molar-refractivity contribution is 1.03. The van der Waals surface area contributed by atoms with Crippen LogP contribution in [0.3, 0.4) is 0 Å². The summed E-state index contributed by atoms with van der Waals surface area (Å²) in [6.07, 6.45) is 3.43. The minimum atomic E-state index is 0.635. The standard InChI is InChI=1S/C14H12N6/c1-3-9-15-11(5-1)17-13-7-8-14(20-19-13)18-12-6-2-4-10-16-12/h1-10H,(H,15,17,19)(H,16,18,20). The Morgan fingerprint density at radius 3 is 1.40 bits per heavy atom. The van der Waals surface area contributed by atoms with Crippen LogP contribution in [0, 0.1) is 0 Å². The van der Waals surface area contributed by atoms with E-state index in [1.54, 1.807) is 12.4 Å². The molecule has 0 amide bonds. The first-order valence-corrected chi connectivity index (χ1v) is 6.10. The quantitative estimate of drug-likeness (QED) is 0.754. The summed E-state index contributed by atoms with van der Waals surface area (Å²) in [5, 5.41) is 14.3. The van der Waals surface area contributed by atoms with Crippen LogP contribution in [0.25, 0.3) is 0 Å². The van der Waals surface area contributed by atoms with E-state index in [1.165, 1.54) is 0 Å². The maximum Gasteiger partial charge on any atom is 0.154 e. The van der Waals surface area contributed by atoms with Crippen molar-refractivity contribution in [2.75, 3.05) is 10.6 Å². The van der Waals surface area contributed by atoms with Crippen molar-refractivity contribution in [1.82, 2.24) is 20.2 Å². The fourth-order valence-corrected chi connectivity index (χ4v) is 1.60. The zero-order chi connectivity index (χ0) is 13.6. The fourth-order valence-electron chi connectivity index (χ4n) is 1.60. The highest BCUT2D eigenvalue weighted by atomic mass is 15.2. The third-order valence-corrected chi connectivity index (χ3v) is 2.51. The zero-order valence-corrected chi connectivity index (χ0v) is 10.6. The second kappa shape index (κ2) is 5.75. The number of nitrogens with one attached hydrogen (secondary N) is 2. The van der Waals surface area contributed by atoms with Gasteiger partial charge in [0.1, 0.15) is 11.6 Å². The predicted octanol–water partition coefficient (Wildman–Crippen LogP) is 2.75. The van der Waals surface area contributed by atoms with E-state index in [0.717, 1.165) is 11.6 Å². The molecular weight excluding hydrogens is 252 g/mol. The molecule has 0 aliphatic carbocycles. The van der Waals surface area contributed by atoms with Crippen LogP contribution in [0.15, 0.2) is 60.9 Å². The molecule has 0 radical (unpaired) electrons. The van der Waals surface area contributed by atoms with Crippen LogP contribution in [-0.4, -0.2) is 20.2 Å².